The number of benzene rings is 1. The largest absolute Gasteiger partial charge is 0.492 e. The SMILES string of the molecule is Cc1nn(-c2ccccn2)c(C)c1CCNS(=O)(=O)CCOc1ccccc1. The summed E-state index contributed by atoms with van der Waals surface area (Å²) in [5.41, 5.74) is 2.85. The molecule has 0 radical (unpaired) electrons. The van der Waals surface area contributed by atoms with Crippen molar-refractivity contribution in [3.05, 3.63) is 71.7 Å². The van der Waals surface area contributed by atoms with Gasteiger partial charge in [0.2, 0.25) is 10.0 Å². The van der Waals surface area contributed by atoms with Crippen molar-refractivity contribution in [1.29, 1.82) is 0 Å². The molecule has 0 atom stereocenters. The van der Waals surface area contributed by atoms with E-state index in [2.05, 4.69) is 14.8 Å². The lowest BCUT2D eigenvalue weighted by Gasteiger charge is -2.09. The van der Waals surface area contributed by atoms with E-state index in [9.17, 15) is 8.42 Å². The van der Waals surface area contributed by atoms with Crippen LogP contribution in [0, 0.1) is 13.8 Å². The number of ether oxygens (including phenoxy) is 1. The first kappa shape index (κ1) is 20.0. The van der Waals surface area contributed by atoms with Crippen LogP contribution in [-0.2, 0) is 16.4 Å². The summed E-state index contributed by atoms with van der Waals surface area (Å²) in [4.78, 5) is 4.32. The Balaban J connectivity index is 1.53. The highest BCUT2D eigenvalue weighted by Gasteiger charge is 2.15. The van der Waals surface area contributed by atoms with Gasteiger partial charge in [-0.3, -0.25) is 0 Å². The molecule has 0 amide bonds. The van der Waals surface area contributed by atoms with Crippen molar-refractivity contribution >= 4 is 10.0 Å². The first-order chi connectivity index (χ1) is 13.5. The van der Waals surface area contributed by atoms with Crippen molar-refractivity contribution in [2.24, 2.45) is 0 Å². The van der Waals surface area contributed by atoms with Gasteiger partial charge >= 0.3 is 0 Å². The summed E-state index contributed by atoms with van der Waals surface area (Å²) in [7, 11) is -3.41. The summed E-state index contributed by atoms with van der Waals surface area (Å²) in [6.45, 7) is 4.30. The Kier molecular flexibility index (Phi) is 6.43. The van der Waals surface area contributed by atoms with Crippen LogP contribution in [0.1, 0.15) is 17.0 Å². The highest BCUT2D eigenvalue weighted by molar-refractivity contribution is 7.89. The second kappa shape index (κ2) is 8.99. The molecule has 3 aromatic rings. The molecule has 3 rings (SSSR count). The summed E-state index contributed by atoms with van der Waals surface area (Å²) in [6, 6.07) is 14.8. The van der Waals surface area contributed by atoms with Gasteiger partial charge in [0.25, 0.3) is 0 Å². The van der Waals surface area contributed by atoms with Crippen LogP contribution in [0.4, 0.5) is 0 Å². The minimum absolute atomic E-state index is 0.0902. The van der Waals surface area contributed by atoms with E-state index in [1.807, 2.05) is 50.2 Å². The fourth-order valence-corrected chi connectivity index (χ4v) is 3.79. The lowest BCUT2D eigenvalue weighted by molar-refractivity contribution is 0.340. The fourth-order valence-electron chi connectivity index (χ4n) is 2.93. The third-order valence-electron chi connectivity index (χ3n) is 4.37. The standard InChI is InChI=1S/C20H24N4O3S/c1-16-19(17(2)24(23-16)20-10-6-7-12-21-20)11-13-22-28(25,26)15-14-27-18-8-4-3-5-9-18/h3-10,12,22H,11,13-15H2,1-2H3. The molecule has 0 unspecified atom stereocenters. The minimum Gasteiger partial charge on any atom is -0.492 e. The lowest BCUT2D eigenvalue weighted by atomic mass is 10.1. The lowest BCUT2D eigenvalue weighted by Crippen LogP contribution is -2.30. The smallest absolute Gasteiger partial charge is 0.214 e. The summed E-state index contributed by atoms with van der Waals surface area (Å²) in [6.07, 6.45) is 2.28. The van der Waals surface area contributed by atoms with Crippen LogP contribution in [-0.4, -0.2) is 42.1 Å². The second-order valence-electron chi connectivity index (χ2n) is 6.37. The number of nitrogens with zero attached hydrogens (tertiary/aromatic N) is 3. The summed E-state index contributed by atoms with van der Waals surface area (Å²) in [5, 5.41) is 4.54. The minimum atomic E-state index is -3.41. The molecule has 1 N–H and O–H groups in total. The fraction of sp³-hybridized carbons (Fsp3) is 0.300. The van der Waals surface area contributed by atoms with Crippen molar-refractivity contribution < 1.29 is 13.2 Å². The molecule has 28 heavy (non-hydrogen) atoms. The number of nitrogens with one attached hydrogen (secondary N) is 1. The number of aryl methyl sites for hydroxylation is 1. The molecule has 7 nitrogen and oxygen atoms in total. The maximum atomic E-state index is 12.2. The zero-order valence-electron chi connectivity index (χ0n) is 16.0. The molecule has 148 valence electrons. The van der Waals surface area contributed by atoms with Gasteiger partial charge in [-0.2, -0.15) is 5.10 Å². The van der Waals surface area contributed by atoms with Crippen LogP contribution in [0.15, 0.2) is 54.7 Å². The molecule has 0 aliphatic rings. The predicted octanol–water partition coefficient (Wildman–Crippen LogP) is 2.43. The van der Waals surface area contributed by atoms with Crippen molar-refractivity contribution in [3.8, 4) is 11.6 Å². The maximum absolute atomic E-state index is 12.2. The van der Waals surface area contributed by atoms with E-state index in [0.717, 1.165) is 22.8 Å². The number of hydrogen-bond donors (Lipinski definition) is 1. The topological polar surface area (TPSA) is 86.1 Å². The van der Waals surface area contributed by atoms with Gasteiger partial charge < -0.3 is 4.74 Å². The van der Waals surface area contributed by atoms with E-state index in [1.54, 1.807) is 23.0 Å². The quantitative estimate of drug-likeness (QED) is 0.596. The average molecular weight is 401 g/mol. The number of aromatic nitrogens is 3. The highest BCUT2D eigenvalue weighted by atomic mass is 32.2. The molecule has 8 heteroatoms. The van der Waals surface area contributed by atoms with E-state index in [4.69, 9.17) is 4.74 Å². The van der Waals surface area contributed by atoms with Gasteiger partial charge in [0, 0.05) is 18.4 Å². The van der Waals surface area contributed by atoms with Crippen LogP contribution in [0.25, 0.3) is 5.82 Å². The van der Waals surface area contributed by atoms with Crippen molar-refractivity contribution in [2.75, 3.05) is 18.9 Å². The monoisotopic (exact) mass is 400 g/mol. The van der Waals surface area contributed by atoms with Gasteiger partial charge in [-0.15, -0.1) is 0 Å². The molecule has 2 heterocycles. The number of sulfonamides is 1. The average Bonchev–Trinajstić information content (AvgIpc) is 2.97. The van der Waals surface area contributed by atoms with Crippen LogP contribution >= 0.6 is 0 Å². The van der Waals surface area contributed by atoms with E-state index in [-0.39, 0.29) is 12.4 Å². The number of rotatable bonds is 9. The molecule has 1 aromatic carbocycles. The third-order valence-corrected chi connectivity index (χ3v) is 5.72. The third kappa shape index (κ3) is 5.17. The van der Waals surface area contributed by atoms with Crippen molar-refractivity contribution in [2.45, 2.75) is 20.3 Å². The van der Waals surface area contributed by atoms with Crippen LogP contribution in [0.3, 0.4) is 0 Å². The number of para-hydroxylation sites is 1. The first-order valence-corrected chi connectivity index (χ1v) is 10.7. The Morgan fingerprint density at radius 3 is 2.54 bits per heavy atom. The Hall–Kier alpha value is -2.71. The molecule has 0 spiro atoms. The summed E-state index contributed by atoms with van der Waals surface area (Å²) >= 11 is 0. The number of pyridine rings is 1. The molecular weight excluding hydrogens is 376 g/mol. The van der Waals surface area contributed by atoms with Crippen molar-refractivity contribution in [1.82, 2.24) is 19.5 Å². The molecule has 0 bridgehead atoms. The molecule has 0 aliphatic heterocycles. The normalized spacial score (nSPS) is 11.5. The first-order valence-electron chi connectivity index (χ1n) is 9.08. The van der Waals surface area contributed by atoms with Gasteiger partial charge in [-0.25, -0.2) is 22.8 Å². The van der Waals surface area contributed by atoms with Crippen LogP contribution in [0.5, 0.6) is 5.75 Å². The molecule has 2 aromatic heterocycles. The van der Waals surface area contributed by atoms with Gasteiger partial charge in [0.05, 0.1) is 11.4 Å². The van der Waals surface area contributed by atoms with Gasteiger partial charge in [-0.1, -0.05) is 24.3 Å². The Labute approximate surface area is 165 Å². The summed E-state index contributed by atoms with van der Waals surface area (Å²) < 4.78 is 34.3. The van der Waals surface area contributed by atoms with Crippen LogP contribution < -0.4 is 9.46 Å². The van der Waals surface area contributed by atoms with E-state index >= 15 is 0 Å². The second-order valence-corrected chi connectivity index (χ2v) is 8.30. The molecular formula is C20H24N4O3S. The zero-order chi connectivity index (χ0) is 20.0. The predicted molar refractivity (Wildman–Crippen MR) is 108 cm³/mol. The molecule has 0 fully saturated rings. The molecule has 0 saturated carbocycles. The van der Waals surface area contributed by atoms with E-state index in [0.29, 0.717) is 18.7 Å². The molecule has 0 saturated heterocycles. The Bertz CT molecular complexity index is 1000. The Morgan fingerprint density at radius 1 is 1.07 bits per heavy atom. The van der Waals surface area contributed by atoms with Gasteiger partial charge in [0.15, 0.2) is 5.82 Å². The number of hydrogen-bond acceptors (Lipinski definition) is 5. The maximum Gasteiger partial charge on any atom is 0.214 e. The Morgan fingerprint density at radius 2 is 1.82 bits per heavy atom. The van der Waals surface area contributed by atoms with Gasteiger partial charge in [-0.05, 0) is 50.1 Å². The van der Waals surface area contributed by atoms with Crippen LogP contribution in [0.2, 0.25) is 0 Å². The van der Waals surface area contributed by atoms with E-state index < -0.39 is 10.0 Å². The highest BCUT2D eigenvalue weighted by Crippen LogP contribution is 2.17. The molecule has 0 aliphatic carbocycles. The van der Waals surface area contributed by atoms with Crippen molar-refractivity contribution in [3.63, 3.8) is 0 Å². The van der Waals surface area contributed by atoms with Gasteiger partial charge in [0.1, 0.15) is 12.4 Å². The van der Waals surface area contributed by atoms with E-state index in [1.165, 1.54) is 0 Å². The zero-order valence-corrected chi connectivity index (χ0v) is 16.8. The summed E-state index contributed by atoms with van der Waals surface area (Å²) in [5.74, 6) is 1.31.